The van der Waals surface area contributed by atoms with E-state index in [1.54, 1.807) is 0 Å². The quantitative estimate of drug-likeness (QED) is 0.765. The number of carboxylic acids is 1. The Morgan fingerprint density at radius 2 is 1.77 bits per heavy atom. The van der Waals surface area contributed by atoms with Crippen LogP contribution in [-0.2, 0) is 11.3 Å². The van der Waals surface area contributed by atoms with E-state index in [0.717, 1.165) is 56.8 Å². The molecule has 3 fully saturated rings. The fourth-order valence-corrected chi connectivity index (χ4v) is 4.62. The van der Waals surface area contributed by atoms with Gasteiger partial charge in [-0.3, -0.25) is 4.90 Å². The van der Waals surface area contributed by atoms with Gasteiger partial charge in [0.05, 0.1) is 12.6 Å². The number of aryl methyl sites for hydroxylation is 1. The second-order valence-corrected chi connectivity index (χ2v) is 8.12. The summed E-state index contributed by atoms with van der Waals surface area (Å²) >= 11 is 0. The number of amides is 2. The average Bonchev–Trinajstić information content (AvgIpc) is 3.42. The number of likely N-dealkylation sites (tertiary alicyclic amines) is 2. The molecule has 7 nitrogen and oxygen atoms in total. The molecule has 2 N–H and O–H groups in total. The summed E-state index contributed by atoms with van der Waals surface area (Å²) in [6.07, 6.45) is 1.90. The molecule has 1 aromatic rings. The van der Waals surface area contributed by atoms with E-state index in [1.165, 1.54) is 12.8 Å². The second-order valence-electron chi connectivity index (χ2n) is 8.12. The van der Waals surface area contributed by atoms with Crippen LogP contribution in [0.1, 0.15) is 50.0 Å². The van der Waals surface area contributed by atoms with Crippen molar-refractivity contribution in [2.24, 2.45) is 0 Å². The zero-order valence-electron chi connectivity index (χ0n) is 17.0. The third-order valence-electron chi connectivity index (χ3n) is 6.03. The molecule has 2 aliphatic heterocycles. The third-order valence-corrected chi connectivity index (χ3v) is 6.03. The van der Waals surface area contributed by atoms with Crippen LogP contribution in [0.25, 0.3) is 0 Å². The number of nitrogens with one attached hydrogen (secondary N) is 1. The van der Waals surface area contributed by atoms with Crippen LogP contribution in [0.2, 0.25) is 0 Å². The Balaban J connectivity index is 0.000000318. The molecule has 2 saturated heterocycles. The summed E-state index contributed by atoms with van der Waals surface area (Å²) < 4.78 is 37.5. The first-order chi connectivity index (χ1) is 14.1. The fourth-order valence-electron chi connectivity index (χ4n) is 4.62. The van der Waals surface area contributed by atoms with Crippen molar-refractivity contribution in [3.05, 3.63) is 23.7 Å². The highest BCUT2D eigenvalue weighted by Gasteiger charge is 2.44. The zero-order valence-corrected chi connectivity index (χ0v) is 17.0. The van der Waals surface area contributed by atoms with E-state index in [2.05, 4.69) is 21.2 Å². The van der Waals surface area contributed by atoms with Crippen LogP contribution in [0.15, 0.2) is 16.5 Å². The van der Waals surface area contributed by atoms with Gasteiger partial charge in [0.25, 0.3) is 0 Å². The van der Waals surface area contributed by atoms with E-state index >= 15 is 0 Å². The van der Waals surface area contributed by atoms with Gasteiger partial charge in [0.2, 0.25) is 0 Å². The second kappa shape index (κ2) is 9.28. The standard InChI is InChI=1S/C18H27N3O2.C2HF3O2/c1-13-6-7-15(23-13)12-20-10-8-17-16(20)9-11-21(17)18(22)19-14-4-2-3-5-14;3-2(4,5)1(6)7/h6-7,14,16-17H,2-5,8-12H2,1H3,(H,19,22);(H,6,7)/t16-,17+;/m0./s1. The van der Waals surface area contributed by atoms with Crippen molar-refractivity contribution in [1.82, 2.24) is 15.1 Å². The lowest BCUT2D eigenvalue weighted by atomic mass is 10.1. The molecule has 1 saturated carbocycles. The molecule has 1 aromatic heterocycles. The van der Waals surface area contributed by atoms with Gasteiger partial charge >= 0.3 is 18.2 Å². The monoisotopic (exact) mass is 431 g/mol. The number of aliphatic carboxylic acids is 1. The number of rotatable bonds is 3. The maximum Gasteiger partial charge on any atom is 0.490 e. The van der Waals surface area contributed by atoms with Crippen molar-refractivity contribution in [2.45, 2.75) is 76.3 Å². The first kappa shape index (κ1) is 22.5. The highest BCUT2D eigenvalue weighted by molar-refractivity contribution is 5.75. The van der Waals surface area contributed by atoms with Gasteiger partial charge in [0.1, 0.15) is 11.5 Å². The van der Waals surface area contributed by atoms with Gasteiger partial charge in [-0.1, -0.05) is 12.8 Å². The van der Waals surface area contributed by atoms with Gasteiger partial charge in [0.15, 0.2) is 0 Å². The Labute approximate surface area is 173 Å². The van der Waals surface area contributed by atoms with Gasteiger partial charge < -0.3 is 19.7 Å². The van der Waals surface area contributed by atoms with E-state index in [9.17, 15) is 18.0 Å². The van der Waals surface area contributed by atoms with Crippen molar-refractivity contribution in [1.29, 1.82) is 0 Å². The lowest BCUT2D eigenvalue weighted by Crippen LogP contribution is -2.47. The molecule has 0 aromatic carbocycles. The average molecular weight is 431 g/mol. The van der Waals surface area contributed by atoms with Crippen molar-refractivity contribution in [3.63, 3.8) is 0 Å². The van der Waals surface area contributed by atoms with Gasteiger partial charge in [-0.05, 0) is 44.7 Å². The Morgan fingerprint density at radius 3 is 2.33 bits per heavy atom. The van der Waals surface area contributed by atoms with Gasteiger partial charge in [0, 0.05) is 25.2 Å². The summed E-state index contributed by atoms with van der Waals surface area (Å²) in [4.78, 5) is 26.1. The minimum Gasteiger partial charge on any atom is -0.475 e. The SMILES string of the molecule is Cc1ccc(CN2CC[C@@H]3[C@@H]2CCN3C(=O)NC2CCCC2)o1.O=C(O)C(F)(F)F. The van der Waals surface area contributed by atoms with Crippen LogP contribution in [0, 0.1) is 6.92 Å². The summed E-state index contributed by atoms with van der Waals surface area (Å²) in [6, 6.07) is 5.55. The lowest BCUT2D eigenvalue weighted by Gasteiger charge is -2.26. The number of nitrogens with zero attached hydrogens (tertiary/aromatic N) is 2. The van der Waals surface area contributed by atoms with E-state index in [1.807, 2.05) is 13.0 Å². The number of alkyl halides is 3. The van der Waals surface area contributed by atoms with Gasteiger partial charge in [-0.15, -0.1) is 0 Å². The van der Waals surface area contributed by atoms with Crippen molar-refractivity contribution >= 4 is 12.0 Å². The van der Waals surface area contributed by atoms with Crippen LogP contribution in [0.5, 0.6) is 0 Å². The molecule has 1 aliphatic carbocycles. The Morgan fingerprint density at radius 1 is 1.13 bits per heavy atom. The number of carboxylic acid groups (broad SMARTS) is 1. The maximum absolute atomic E-state index is 12.6. The Kier molecular flexibility index (Phi) is 6.95. The molecule has 30 heavy (non-hydrogen) atoms. The molecule has 168 valence electrons. The van der Waals surface area contributed by atoms with Crippen molar-refractivity contribution in [3.8, 4) is 0 Å². The number of fused-ring (bicyclic) bond motifs is 1. The van der Waals surface area contributed by atoms with E-state index < -0.39 is 12.1 Å². The third kappa shape index (κ3) is 5.47. The number of carbonyl (C=O) groups is 2. The predicted octanol–water partition coefficient (Wildman–Crippen LogP) is 3.52. The minimum atomic E-state index is -5.08. The molecular weight excluding hydrogens is 403 g/mol. The molecule has 0 spiro atoms. The Bertz CT molecular complexity index is 746. The number of carbonyl (C=O) groups excluding carboxylic acids is 1. The largest absolute Gasteiger partial charge is 0.490 e. The molecule has 2 atom stereocenters. The minimum absolute atomic E-state index is 0.167. The molecule has 4 rings (SSSR count). The molecular formula is C20H28F3N3O4. The van der Waals surface area contributed by atoms with E-state index in [4.69, 9.17) is 14.3 Å². The van der Waals surface area contributed by atoms with Crippen LogP contribution >= 0.6 is 0 Å². The Hall–Kier alpha value is -2.23. The molecule has 2 amide bonds. The number of urea groups is 1. The topological polar surface area (TPSA) is 86.0 Å². The summed E-state index contributed by atoms with van der Waals surface area (Å²) in [7, 11) is 0. The van der Waals surface area contributed by atoms with Crippen LogP contribution in [0.4, 0.5) is 18.0 Å². The maximum atomic E-state index is 12.6. The number of hydrogen-bond donors (Lipinski definition) is 2. The lowest BCUT2D eigenvalue weighted by molar-refractivity contribution is -0.192. The normalized spacial score (nSPS) is 24.5. The summed E-state index contributed by atoms with van der Waals surface area (Å²) in [6.45, 7) is 4.80. The van der Waals surface area contributed by atoms with E-state index in [0.29, 0.717) is 18.1 Å². The highest BCUT2D eigenvalue weighted by Crippen LogP contribution is 2.33. The molecule has 0 unspecified atom stereocenters. The summed E-state index contributed by atoms with van der Waals surface area (Å²) in [5.41, 5.74) is 0. The van der Waals surface area contributed by atoms with Crippen molar-refractivity contribution < 1.29 is 32.3 Å². The summed E-state index contributed by atoms with van der Waals surface area (Å²) in [5.74, 6) is -0.746. The molecule has 0 radical (unpaired) electrons. The zero-order chi connectivity index (χ0) is 21.9. The number of furan rings is 1. The van der Waals surface area contributed by atoms with Gasteiger partial charge in [-0.25, -0.2) is 9.59 Å². The molecule has 0 bridgehead atoms. The predicted molar refractivity (Wildman–Crippen MR) is 102 cm³/mol. The first-order valence-electron chi connectivity index (χ1n) is 10.3. The smallest absolute Gasteiger partial charge is 0.475 e. The molecule has 10 heteroatoms. The van der Waals surface area contributed by atoms with Crippen LogP contribution in [-0.4, -0.2) is 64.3 Å². The van der Waals surface area contributed by atoms with Crippen molar-refractivity contribution in [2.75, 3.05) is 13.1 Å². The van der Waals surface area contributed by atoms with E-state index in [-0.39, 0.29) is 6.03 Å². The molecule has 3 aliphatic rings. The van der Waals surface area contributed by atoms with Crippen LogP contribution in [0.3, 0.4) is 0 Å². The van der Waals surface area contributed by atoms with Crippen LogP contribution < -0.4 is 5.32 Å². The first-order valence-corrected chi connectivity index (χ1v) is 10.3. The highest BCUT2D eigenvalue weighted by atomic mass is 19.4. The fraction of sp³-hybridized carbons (Fsp3) is 0.700. The van der Waals surface area contributed by atoms with Gasteiger partial charge in [-0.2, -0.15) is 13.2 Å². The molecule has 3 heterocycles. The number of hydrogen-bond acceptors (Lipinski definition) is 4. The summed E-state index contributed by atoms with van der Waals surface area (Å²) in [5, 5.41) is 10.4. The number of halogens is 3.